The fourth-order valence-corrected chi connectivity index (χ4v) is 2.75. The van der Waals surface area contributed by atoms with Gasteiger partial charge < -0.3 is 9.73 Å². The van der Waals surface area contributed by atoms with Gasteiger partial charge >= 0.3 is 0 Å². The molecular formula is C12H14ClNOS. The van der Waals surface area contributed by atoms with Gasteiger partial charge in [-0.25, -0.2) is 0 Å². The van der Waals surface area contributed by atoms with Gasteiger partial charge in [-0.2, -0.15) is 0 Å². The Labute approximate surface area is 104 Å². The first-order valence-electron chi connectivity index (χ1n) is 5.33. The van der Waals surface area contributed by atoms with Crippen molar-refractivity contribution < 1.29 is 4.42 Å². The number of furan rings is 1. The van der Waals surface area contributed by atoms with E-state index in [4.69, 9.17) is 16.0 Å². The second kappa shape index (κ2) is 5.53. The molecular weight excluding hydrogens is 242 g/mol. The smallest absolute Gasteiger partial charge is 0.126 e. The van der Waals surface area contributed by atoms with Crippen molar-refractivity contribution in [2.45, 2.75) is 19.9 Å². The summed E-state index contributed by atoms with van der Waals surface area (Å²) in [7, 11) is 0. The van der Waals surface area contributed by atoms with Gasteiger partial charge in [-0.15, -0.1) is 11.3 Å². The topological polar surface area (TPSA) is 25.2 Å². The van der Waals surface area contributed by atoms with E-state index in [9.17, 15) is 0 Å². The molecule has 0 saturated carbocycles. The Bertz CT molecular complexity index is 449. The maximum Gasteiger partial charge on any atom is 0.126 e. The molecule has 0 bridgehead atoms. The minimum absolute atomic E-state index is 0.754. The number of halogens is 1. The number of hydrogen-bond donors (Lipinski definition) is 1. The molecule has 2 nitrogen and oxygen atoms in total. The van der Waals surface area contributed by atoms with E-state index in [2.05, 4.69) is 12.2 Å². The van der Waals surface area contributed by atoms with E-state index in [0.29, 0.717) is 0 Å². The molecule has 0 amide bonds. The first-order chi connectivity index (χ1) is 7.83. The molecule has 0 fully saturated rings. The van der Waals surface area contributed by atoms with Crippen LogP contribution < -0.4 is 5.32 Å². The lowest BCUT2D eigenvalue weighted by atomic mass is 10.2. The molecule has 0 aliphatic rings. The van der Waals surface area contributed by atoms with E-state index in [0.717, 1.165) is 40.7 Å². The zero-order valence-electron chi connectivity index (χ0n) is 9.13. The van der Waals surface area contributed by atoms with Crippen molar-refractivity contribution in [1.29, 1.82) is 0 Å². The Balaban J connectivity index is 2.16. The highest BCUT2D eigenvalue weighted by Crippen LogP contribution is 2.35. The molecule has 86 valence electrons. The molecule has 0 radical (unpaired) electrons. The lowest BCUT2D eigenvalue weighted by Crippen LogP contribution is -2.13. The van der Waals surface area contributed by atoms with Crippen molar-refractivity contribution in [3.63, 3.8) is 0 Å². The molecule has 4 heteroatoms. The van der Waals surface area contributed by atoms with Gasteiger partial charge in [0.2, 0.25) is 0 Å². The largest absolute Gasteiger partial charge is 0.467 e. The van der Waals surface area contributed by atoms with Crippen molar-refractivity contribution >= 4 is 22.9 Å². The minimum atomic E-state index is 0.754. The number of rotatable bonds is 5. The van der Waals surface area contributed by atoms with E-state index in [1.165, 1.54) is 0 Å². The van der Waals surface area contributed by atoms with Gasteiger partial charge in [0.05, 0.1) is 22.7 Å². The van der Waals surface area contributed by atoms with Gasteiger partial charge in [0, 0.05) is 5.56 Å². The van der Waals surface area contributed by atoms with E-state index >= 15 is 0 Å². The quantitative estimate of drug-likeness (QED) is 0.812. The van der Waals surface area contributed by atoms with E-state index in [1.54, 1.807) is 17.6 Å². The third-order valence-corrected chi connectivity index (χ3v) is 3.69. The molecule has 0 aromatic carbocycles. The average molecular weight is 256 g/mol. The van der Waals surface area contributed by atoms with Crippen LogP contribution in [0.2, 0.25) is 5.02 Å². The first-order valence-corrected chi connectivity index (χ1v) is 6.59. The molecule has 16 heavy (non-hydrogen) atoms. The summed E-state index contributed by atoms with van der Waals surface area (Å²) in [6.45, 7) is 3.90. The summed E-state index contributed by atoms with van der Waals surface area (Å²) in [5.41, 5.74) is 1.10. The van der Waals surface area contributed by atoms with Crippen LogP contribution in [0.25, 0.3) is 10.4 Å². The number of hydrogen-bond acceptors (Lipinski definition) is 3. The molecule has 2 aromatic rings. The summed E-state index contributed by atoms with van der Waals surface area (Å²) in [5.74, 6) is 0.956. The van der Waals surface area contributed by atoms with Crippen molar-refractivity contribution in [2.24, 2.45) is 0 Å². The van der Waals surface area contributed by atoms with Gasteiger partial charge in [0.25, 0.3) is 0 Å². The Kier molecular flexibility index (Phi) is 4.04. The molecule has 0 aliphatic carbocycles. The van der Waals surface area contributed by atoms with Gasteiger partial charge in [-0.05, 0) is 30.5 Å². The highest BCUT2D eigenvalue weighted by Gasteiger charge is 2.12. The predicted octanol–water partition coefficient (Wildman–Crippen LogP) is 4.16. The summed E-state index contributed by atoms with van der Waals surface area (Å²) in [6, 6.07) is 3.89. The van der Waals surface area contributed by atoms with Crippen molar-refractivity contribution in [1.82, 2.24) is 5.32 Å². The second-order valence-corrected chi connectivity index (χ2v) is 4.86. The SMILES string of the molecule is CCCNCc1occc1-c1sccc1Cl. The van der Waals surface area contributed by atoms with Crippen LogP contribution in [0.1, 0.15) is 19.1 Å². The van der Waals surface area contributed by atoms with E-state index in [1.807, 2.05) is 17.5 Å². The normalized spacial score (nSPS) is 10.9. The molecule has 0 aliphatic heterocycles. The Morgan fingerprint density at radius 3 is 3.00 bits per heavy atom. The molecule has 2 rings (SSSR count). The standard InChI is InChI=1S/C12H14ClNOS/c1-2-5-14-8-11-9(3-6-15-11)12-10(13)4-7-16-12/h3-4,6-7,14H,2,5,8H2,1H3. The summed E-state index contributed by atoms with van der Waals surface area (Å²) in [5, 5.41) is 6.12. The fraction of sp³-hybridized carbons (Fsp3) is 0.333. The zero-order chi connectivity index (χ0) is 11.4. The molecule has 1 N–H and O–H groups in total. The van der Waals surface area contributed by atoms with Crippen LogP contribution in [0.3, 0.4) is 0 Å². The first kappa shape index (κ1) is 11.7. The Morgan fingerprint density at radius 2 is 2.31 bits per heavy atom. The number of nitrogens with one attached hydrogen (secondary N) is 1. The van der Waals surface area contributed by atoms with Crippen LogP contribution >= 0.6 is 22.9 Å². The van der Waals surface area contributed by atoms with E-state index in [-0.39, 0.29) is 0 Å². The highest BCUT2D eigenvalue weighted by atomic mass is 35.5. The third kappa shape index (κ3) is 2.48. The minimum Gasteiger partial charge on any atom is -0.467 e. The summed E-state index contributed by atoms with van der Waals surface area (Å²) >= 11 is 7.75. The Hall–Kier alpha value is -0.770. The van der Waals surface area contributed by atoms with Gasteiger partial charge in [-0.1, -0.05) is 18.5 Å². The molecule has 0 saturated heterocycles. The van der Waals surface area contributed by atoms with Crippen LogP contribution in [-0.2, 0) is 6.54 Å². The van der Waals surface area contributed by atoms with Crippen molar-refractivity contribution in [2.75, 3.05) is 6.54 Å². The Morgan fingerprint density at radius 1 is 1.44 bits per heavy atom. The van der Waals surface area contributed by atoms with Gasteiger partial charge in [0.15, 0.2) is 0 Å². The lowest BCUT2D eigenvalue weighted by molar-refractivity contribution is 0.484. The van der Waals surface area contributed by atoms with Crippen LogP contribution in [0.15, 0.2) is 28.2 Å². The maximum atomic E-state index is 6.11. The lowest BCUT2D eigenvalue weighted by Gasteiger charge is -2.02. The third-order valence-electron chi connectivity index (χ3n) is 2.32. The van der Waals surface area contributed by atoms with Crippen molar-refractivity contribution in [3.8, 4) is 10.4 Å². The summed E-state index contributed by atoms with van der Waals surface area (Å²) < 4.78 is 5.48. The zero-order valence-corrected chi connectivity index (χ0v) is 10.7. The maximum absolute atomic E-state index is 6.11. The summed E-state index contributed by atoms with van der Waals surface area (Å²) in [4.78, 5) is 1.09. The van der Waals surface area contributed by atoms with Crippen LogP contribution in [0.4, 0.5) is 0 Å². The van der Waals surface area contributed by atoms with Crippen molar-refractivity contribution in [3.05, 3.63) is 34.6 Å². The van der Waals surface area contributed by atoms with Gasteiger partial charge in [0.1, 0.15) is 5.76 Å². The van der Waals surface area contributed by atoms with Crippen LogP contribution in [-0.4, -0.2) is 6.54 Å². The molecule has 0 unspecified atom stereocenters. The summed E-state index contributed by atoms with van der Waals surface area (Å²) in [6.07, 6.45) is 2.84. The van der Waals surface area contributed by atoms with Crippen LogP contribution in [0.5, 0.6) is 0 Å². The van der Waals surface area contributed by atoms with Gasteiger partial charge in [-0.3, -0.25) is 0 Å². The molecule has 2 heterocycles. The fourth-order valence-electron chi connectivity index (χ4n) is 1.54. The molecule has 0 spiro atoms. The molecule has 0 atom stereocenters. The monoisotopic (exact) mass is 255 g/mol. The number of thiophene rings is 1. The van der Waals surface area contributed by atoms with Crippen LogP contribution in [0, 0.1) is 0 Å². The predicted molar refractivity (Wildman–Crippen MR) is 69.0 cm³/mol. The van der Waals surface area contributed by atoms with E-state index < -0.39 is 0 Å². The second-order valence-electron chi connectivity index (χ2n) is 3.53. The molecule has 2 aromatic heterocycles. The average Bonchev–Trinajstić information content (AvgIpc) is 2.87. The highest BCUT2D eigenvalue weighted by molar-refractivity contribution is 7.14.